The number of benzene rings is 2. The van der Waals surface area contributed by atoms with Crippen LogP contribution in [-0.2, 0) is 35.6 Å². The van der Waals surface area contributed by atoms with E-state index in [0.717, 1.165) is 49.8 Å². The van der Waals surface area contributed by atoms with Gasteiger partial charge in [-0.15, -0.1) is 0 Å². The lowest BCUT2D eigenvalue weighted by atomic mass is 9.84. The number of nitrogens with two attached hydrogens (primary N) is 2. The molecule has 0 radical (unpaired) electrons. The Hall–Kier alpha value is -3.76. The van der Waals surface area contributed by atoms with Crippen LogP contribution in [0.15, 0.2) is 47.4 Å². The molecule has 2 aromatic carbocycles. The van der Waals surface area contributed by atoms with Crippen molar-refractivity contribution < 1.29 is 37.4 Å². The van der Waals surface area contributed by atoms with Crippen molar-refractivity contribution in [3.8, 4) is 0 Å². The third-order valence-corrected chi connectivity index (χ3v) is 10.9. The summed E-state index contributed by atoms with van der Waals surface area (Å²) in [5, 5.41) is 19.6. The number of primary sulfonamides is 1. The van der Waals surface area contributed by atoms with Crippen LogP contribution < -0.4 is 26.6 Å². The van der Waals surface area contributed by atoms with E-state index >= 15 is 0 Å². The lowest BCUT2D eigenvalue weighted by molar-refractivity contribution is -0.152. The van der Waals surface area contributed by atoms with Crippen LogP contribution in [0.4, 0.5) is 5.69 Å². The molecular formula is C39H59ClN6O8S. The highest BCUT2D eigenvalue weighted by Crippen LogP contribution is 2.40. The number of carbonyl (C=O) groups excluding carboxylic acids is 3. The molecule has 1 aliphatic carbocycles. The lowest BCUT2D eigenvalue weighted by Gasteiger charge is -2.35. The number of hydrogen-bond acceptors (Lipinski definition) is 10. The third kappa shape index (κ3) is 12.9. The molecule has 6 atom stereocenters. The minimum Gasteiger partial charge on any atom is -0.480 e. The Morgan fingerprint density at radius 1 is 1.07 bits per heavy atom. The van der Waals surface area contributed by atoms with Crippen LogP contribution in [0.1, 0.15) is 109 Å². The molecular weight excluding hydrogens is 748 g/mol. The number of halogens is 1. The van der Waals surface area contributed by atoms with Gasteiger partial charge in [-0.05, 0) is 109 Å². The maximum atomic E-state index is 13.1. The molecule has 7 N–H and O–H groups in total. The second-order valence-corrected chi connectivity index (χ2v) is 17.4. The van der Waals surface area contributed by atoms with Gasteiger partial charge >= 0.3 is 11.9 Å². The first-order chi connectivity index (χ1) is 25.7. The second-order valence-electron chi connectivity index (χ2n) is 15.5. The van der Waals surface area contributed by atoms with Gasteiger partial charge in [0.25, 0.3) is 5.91 Å². The van der Waals surface area contributed by atoms with Crippen LogP contribution in [0.5, 0.6) is 0 Å². The van der Waals surface area contributed by atoms with E-state index in [-0.39, 0.29) is 50.9 Å². The van der Waals surface area contributed by atoms with Gasteiger partial charge in [-0.3, -0.25) is 30.1 Å². The Morgan fingerprint density at radius 2 is 1.71 bits per heavy atom. The van der Waals surface area contributed by atoms with E-state index in [0.29, 0.717) is 19.4 Å². The Morgan fingerprint density at radius 3 is 2.31 bits per heavy atom. The average molecular weight is 807 g/mol. The fourth-order valence-corrected chi connectivity index (χ4v) is 8.24. The first-order valence-corrected chi connectivity index (χ1v) is 20.9. The number of hydrazine groups is 1. The van der Waals surface area contributed by atoms with Gasteiger partial charge in [0.05, 0.1) is 29.4 Å². The number of carbonyl (C=O) groups is 4. The van der Waals surface area contributed by atoms with Crippen molar-refractivity contribution in [2.24, 2.45) is 16.8 Å². The van der Waals surface area contributed by atoms with E-state index in [1.165, 1.54) is 18.2 Å². The minimum absolute atomic E-state index is 0. The highest BCUT2D eigenvalue weighted by molar-refractivity contribution is 7.89. The largest absolute Gasteiger partial charge is 0.480 e. The standard InChI is InChI=1S/C19H32N2O5.C16H16ClN3O3S.C4H11N/c1-4-8-14(19(25)26-5-2)20-12(3)17(22)21-15-10-7-6-9-13(15)11-16(21)18(23)24;1-10-8-11-4-2-3-5-14(11)20(10)19-16(21)12-6-7-13(17)15(9-12)24(18,22)23;1-4(2,3)5/h12-16,20H,4-11H2,1-3H3,(H,23,24);2-7,9-10H,8H2,1H3,(H,19,21)(H2,18,22,23);5H2,1-3H3/t12-,13-,14-,15-,16-;;/m0../s1. The van der Waals surface area contributed by atoms with Gasteiger partial charge in [0.15, 0.2) is 0 Å². The number of nitrogens with one attached hydrogen (secondary N) is 2. The second kappa shape index (κ2) is 19.9. The molecule has 1 unspecified atom stereocenters. The Kier molecular flexibility index (Phi) is 16.5. The molecule has 306 valence electrons. The molecule has 0 spiro atoms. The molecule has 16 heteroatoms. The molecule has 0 bridgehead atoms. The summed E-state index contributed by atoms with van der Waals surface area (Å²) in [6.45, 7) is 13.6. The van der Waals surface area contributed by atoms with Gasteiger partial charge in [-0.25, -0.2) is 18.4 Å². The zero-order chi connectivity index (χ0) is 41.2. The summed E-state index contributed by atoms with van der Waals surface area (Å²) in [5.41, 5.74) is 10.4. The van der Waals surface area contributed by atoms with Crippen LogP contribution in [0.3, 0.4) is 0 Å². The fraction of sp³-hybridized carbons (Fsp3) is 0.590. The Balaban J connectivity index is 0.000000264. The number of likely N-dealkylation sites (tertiary alicyclic amines) is 1. The molecule has 0 aromatic heterocycles. The number of anilines is 1. The summed E-state index contributed by atoms with van der Waals surface area (Å²) in [6, 6.07) is 9.95. The van der Waals surface area contributed by atoms with Crippen LogP contribution in [0.25, 0.3) is 0 Å². The Bertz CT molecular complexity index is 1760. The summed E-state index contributed by atoms with van der Waals surface area (Å²) in [6.07, 6.45) is 6.69. The number of sulfonamides is 1. The number of fused-ring (bicyclic) bond motifs is 2. The number of carboxylic acid groups (broad SMARTS) is 1. The summed E-state index contributed by atoms with van der Waals surface area (Å²) in [7, 11) is -4.00. The van der Waals surface area contributed by atoms with Crippen molar-refractivity contribution in [2.75, 3.05) is 11.6 Å². The van der Waals surface area contributed by atoms with Crippen LogP contribution in [-0.4, -0.2) is 84.5 Å². The summed E-state index contributed by atoms with van der Waals surface area (Å²) < 4.78 is 28.2. The maximum absolute atomic E-state index is 13.1. The zero-order valence-corrected chi connectivity index (χ0v) is 34.6. The number of hydrogen-bond donors (Lipinski definition) is 5. The number of amides is 2. The maximum Gasteiger partial charge on any atom is 0.326 e. The van der Waals surface area contributed by atoms with Crippen molar-refractivity contribution in [2.45, 2.75) is 140 Å². The van der Waals surface area contributed by atoms with Crippen molar-refractivity contribution >= 4 is 51.1 Å². The van der Waals surface area contributed by atoms with E-state index in [2.05, 4.69) is 10.7 Å². The van der Waals surface area contributed by atoms with Gasteiger partial charge in [-0.2, -0.15) is 0 Å². The lowest BCUT2D eigenvalue weighted by Crippen LogP contribution is -2.55. The van der Waals surface area contributed by atoms with Crippen molar-refractivity contribution in [3.63, 3.8) is 0 Å². The average Bonchev–Trinajstić information content (AvgIpc) is 3.64. The van der Waals surface area contributed by atoms with E-state index < -0.39 is 40.0 Å². The number of rotatable bonds is 11. The third-order valence-electron chi connectivity index (χ3n) is 9.53. The minimum atomic E-state index is -4.00. The molecule has 2 aliphatic heterocycles. The summed E-state index contributed by atoms with van der Waals surface area (Å²) >= 11 is 5.84. The highest BCUT2D eigenvalue weighted by Gasteiger charge is 2.48. The molecule has 1 saturated carbocycles. The number of esters is 1. The Labute approximate surface area is 330 Å². The zero-order valence-electron chi connectivity index (χ0n) is 33.0. The molecule has 1 saturated heterocycles. The normalized spacial score (nSPS) is 21.4. The summed E-state index contributed by atoms with van der Waals surface area (Å²) in [5.74, 6) is -1.67. The molecule has 3 aliphatic rings. The molecule has 14 nitrogen and oxygen atoms in total. The topological polar surface area (TPSA) is 214 Å². The quantitative estimate of drug-likeness (QED) is 0.195. The smallest absolute Gasteiger partial charge is 0.326 e. The summed E-state index contributed by atoms with van der Waals surface area (Å²) in [4.78, 5) is 50.7. The van der Waals surface area contributed by atoms with E-state index in [1.807, 2.05) is 58.9 Å². The first-order valence-electron chi connectivity index (χ1n) is 18.9. The van der Waals surface area contributed by atoms with E-state index in [4.69, 9.17) is 27.2 Å². The van der Waals surface area contributed by atoms with Crippen molar-refractivity contribution in [1.29, 1.82) is 0 Å². The van der Waals surface area contributed by atoms with Crippen LogP contribution in [0.2, 0.25) is 5.02 Å². The van der Waals surface area contributed by atoms with Crippen molar-refractivity contribution in [3.05, 3.63) is 58.6 Å². The predicted molar refractivity (Wildman–Crippen MR) is 213 cm³/mol. The fourth-order valence-electron chi connectivity index (χ4n) is 7.17. The first kappa shape index (κ1) is 45.6. The molecule has 2 aromatic rings. The van der Waals surface area contributed by atoms with Crippen LogP contribution >= 0.6 is 11.6 Å². The van der Waals surface area contributed by atoms with E-state index in [1.54, 1.807) is 23.8 Å². The van der Waals surface area contributed by atoms with E-state index in [9.17, 15) is 32.7 Å². The van der Waals surface area contributed by atoms with Crippen LogP contribution in [0, 0.1) is 5.92 Å². The molecule has 2 amide bonds. The number of aliphatic carboxylic acids is 1. The monoisotopic (exact) mass is 806 g/mol. The van der Waals surface area contributed by atoms with Gasteiger partial charge in [-0.1, -0.05) is 56.0 Å². The molecule has 2 heterocycles. The number of para-hydroxylation sites is 1. The SMILES string of the molecule is CC(C)(C)N.CC1Cc2ccccc2N1NC(=O)c1ccc(Cl)c(S(N)(=O)=O)c1.CCC[C@H](N[C@@H](C)C(=O)N1[C@H](C(=O)O)C[C@@H]2CCCC[C@@H]21)C(=O)OCC. The van der Waals surface area contributed by atoms with Gasteiger partial charge in [0.1, 0.15) is 17.0 Å². The van der Waals surface area contributed by atoms with Gasteiger partial charge in [0, 0.05) is 17.1 Å². The number of nitrogens with zero attached hydrogens (tertiary/aromatic N) is 2. The molecule has 5 rings (SSSR count). The molecule has 2 fully saturated rings. The van der Waals surface area contributed by atoms with Crippen molar-refractivity contribution in [1.82, 2.24) is 15.6 Å². The molecule has 55 heavy (non-hydrogen) atoms. The van der Waals surface area contributed by atoms with Gasteiger partial charge in [0.2, 0.25) is 15.9 Å². The van der Waals surface area contributed by atoms with Gasteiger partial charge < -0.3 is 20.5 Å². The number of ether oxygens (including phenoxy) is 1. The predicted octanol–water partition coefficient (Wildman–Crippen LogP) is 4.77. The highest BCUT2D eigenvalue weighted by atomic mass is 35.5. The number of carboxylic acids is 1.